The lowest BCUT2D eigenvalue weighted by Crippen LogP contribution is -2.38. The van der Waals surface area contributed by atoms with Crippen LogP contribution in [0.1, 0.15) is 39.5 Å². The van der Waals surface area contributed by atoms with Gasteiger partial charge in [0.1, 0.15) is 0 Å². The van der Waals surface area contributed by atoms with E-state index in [2.05, 4.69) is 5.32 Å². The topological polar surface area (TPSA) is 55.4 Å². The molecule has 1 fully saturated rings. The Morgan fingerprint density at radius 2 is 1.76 bits per heavy atom. The molecule has 0 atom stereocenters. The highest BCUT2D eigenvalue weighted by Crippen LogP contribution is 2.25. The molecule has 0 aromatic heterocycles. The summed E-state index contributed by atoms with van der Waals surface area (Å²) in [6.07, 6.45) is 4.90. The van der Waals surface area contributed by atoms with Gasteiger partial charge >= 0.3 is 5.97 Å². The summed E-state index contributed by atoms with van der Waals surface area (Å²) in [6.45, 7) is 3.79. The van der Waals surface area contributed by atoms with Crippen LogP contribution in [0.5, 0.6) is 0 Å². The monoisotopic (exact) mass is 239 g/mol. The maximum Gasteiger partial charge on any atom is 0.308 e. The van der Waals surface area contributed by atoms with Gasteiger partial charge < -0.3 is 10.1 Å². The third kappa shape index (κ3) is 4.59. The second-order valence-electron chi connectivity index (χ2n) is 4.80. The molecule has 4 nitrogen and oxygen atoms in total. The lowest BCUT2D eigenvalue weighted by molar-refractivity contribution is -0.146. The summed E-state index contributed by atoms with van der Waals surface area (Å²) in [5.74, 6) is -0.151. The Morgan fingerprint density at radius 1 is 1.18 bits per heavy atom. The van der Waals surface area contributed by atoms with Gasteiger partial charge in [-0.15, -0.1) is 0 Å². The standard InChI is InChI=1S/C13H21NO3/c1-9(2)8-12(15)14-11-6-4-10(5-7-11)13(16)17-3/h8,10-11H,4-7H2,1-3H3,(H,14,15). The van der Waals surface area contributed by atoms with Crippen molar-refractivity contribution in [2.75, 3.05) is 7.11 Å². The van der Waals surface area contributed by atoms with Crippen molar-refractivity contribution in [2.45, 2.75) is 45.6 Å². The average molecular weight is 239 g/mol. The quantitative estimate of drug-likeness (QED) is 0.603. The molecule has 0 bridgehead atoms. The molecule has 1 N–H and O–H groups in total. The molecule has 0 heterocycles. The zero-order chi connectivity index (χ0) is 12.8. The summed E-state index contributed by atoms with van der Waals surface area (Å²) in [7, 11) is 1.42. The number of nitrogens with one attached hydrogen (secondary N) is 1. The number of amides is 1. The number of esters is 1. The van der Waals surface area contributed by atoms with Crippen LogP contribution < -0.4 is 5.32 Å². The van der Waals surface area contributed by atoms with Crippen molar-refractivity contribution in [3.8, 4) is 0 Å². The largest absolute Gasteiger partial charge is 0.469 e. The Labute approximate surface area is 102 Å². The van der Waals surface area contributed by atoms with Crippen molar-refractivity contribution in [3.05, 3.63) is 11.6 Å². The van der Waals surface area contributed by atoms with Gasteiger partial charge in [-0.1, -0.05) is 5.57 Å². The van der Waals surface area contributed by atoms with Crippen molar-refractivity contribution in [1.29, 1.82) is 0 Å². The molecule has 0 radical (unpaired) electrons. The van der Waals surface area contributed by atoms with Gasteiger partial charge in [-0.3, -0.25) is 9.59 Å². The predicted octanol–water partition coefficient (Wildman–Crippen LogP) is 1.80. The molecular formula is C13H21NO3. The molecule has 1 rings (SSSR count). The van der Waals surface area contributed by atoms with Crippen LogP contribution in [0.3, 0.4) is 0 Å². The van der Waals surface area contributed by atoms with Crippen molar-refractivity contribution in [1.82, 2.24) is 5.32 Å². The number of carbonyl (C=O) groups is 2. The molecule has 0 aromatic carbocycles. The van der Waals surface area contributed by atoms with Gasteiger partial charge in [0, 0.05) is 12.1 Å². The van der Waals surface area contributed by atoms with Gasteiger partial charge in [-0.05, 0) is 39.5 Å². The van der Waals surface area contributed by atoms with E-state index in [1.54, 1.807) is 6.08 Å². The number of ether oxygens (including phenoxy) is 1. The summed E-state index contributed by atoms with van der Waals surface area (Å²) in [6, 6.07) is 0.194. The number of carbonyl (C=O) groups excluding carboxylic acids is 2. The zero-order valence-corrected chi connectivity index (χ0v) is 10.8. The van der Waals surface area contributed by atoms with Gasteiger partial charge in [0.25, 0.3) is 0 Å². The van der Waals surface area contributed by atoms with Gasteiger partial charge in [0.05, 0.1) is 13.0 Å². The first-order chi connectivity index (χ1) is 8.02. The van der Waals surface area contributed by atoms with E-state index in [9.17, 15) is 9.59 Å². The second-order valence-corrected chi connectivity index (χ2v) is 4.80. The van der Waals surface area contributed by atoms with E-state index in [0.717, 1.165) is 31.3 Å². The number of rotatable bonds is 3. The van der Waals surface area contributed by atoms with E-state index in [4.69, 9.17) is 4.74 Å². The predicted molar refractivity (Wildman–Crippen MR) is 65.3 cm³/mol. The van der Waals surface area contributed by atoms with E-state index in [1.165, 1.54) is 7.11 Å². The first-order valence-electron chi connectivity index (χ1n) is 6.06. The van der Waals surface area contributed by atoms with E-state index in [0.29, 0.717) is 0 Å². The highest BCUT2D eigenvalue weighted by atomic mass is 16.5. The molecule has 0 aliphatic heterocycles. The van der Waals surface area contributed by atoms with E-state index >= 15 is 0 Å². The Hall–Kier alpha value is -1.32. The first kappa shape index (κ1) is 13.7. The molecule has 4 heteroatoms. The summed E-state index contributed by atoms with van der Waals surface area (Å²) < 4.78 is 4.72. The van der Waals surface area contributed by atoms with Crippen molar-refractivity contribution < 1.29 is 14.3 Å². The molecule has 1 amide bonds. The maximum absolute atomic E-state index is 11.5. The smallest absolute Gasteiger partial charge is 0.308 e. The van der Waals surface area contributed by atoms with E-state index in [-0.39, 0.29) is 23.8 Å². The minimum absolute atomic E-state index is 0.0107. The maximum atomic E-state index is 11.5. The SMILES string of the molecule is COC(=O)C1CCC(NC(=O)C=C(C)C)CC1. The van der Waals surface area contributed by atoms with Crippen molar-refractivity contribution in [3.63, 3.8) is 0 Å². The number of hydrogen-bond acceptors (Lipinski definition) is 3. The van der Waals surface area contributed by atoms with Crippen LogP contribution >= 0.6 is 0 Å². The fraction of sp³-hybridized carbons (Fsp3) is 0.692. The van der Waals surface area contributed by atoms with Crippen LogP contribution in [0.15, 0.2) is 11.6 Å². The third-order valence-electron chi connectivity index (χ3n) is 3.03. The average Bonchev–Trinajstić information content (AvgIpc) is 2.28. The second kappa shape index (κ2) is 6.42. The third-order valence-corrected chi connectivity index (χ3v) is 3.03. The first-order valence-corrected chi connectivity index (χ1v) is 6.06. The van der Waals surface area contributed by atoms with Crippen LogP contribution in [0.25, 0.3) is 0 Å². The molecule has 96 valence electrons. The molecule has 1 aliphatic rings. The Kier molecular flexibility index (Phi) is 5.19. The van der Waals surface area contributed by atoms with Crippen molar-refractivity contribution in [2.24, 2.45) is 5.92 Å². The molecular weight excluding hydrogens is 218 g/mol. The van der Waals surface area contributed by atoms with Crippen LogP contribution in [-0.2, 0) is 14.3 Å². The lowest BCUT2D eigenvalue weighted by Gasteiger charge is -2.27. The highest BCUT2D eigenvalue weighted by Gasteiger charge is 2.27. The number of hydrogen-bond donors (Lipinski definition) is 1. The van der Waals surface area contributed by atoms with E-state index < -0.39 is 0 Å². The molecule has 0 saturated heterocycles. The van der Waals surface area contributed by atoms with Crippen LogP contribution in [0.4, 0.5) is 0 Å². The van der Waals surface area contributed by atoms with Gasteiger partial charge in [0.15, 0.2) is 0 Å². The zero-order valence-electron chi connectivity index (χ0n) is 10.8. The molecule has 0 unspecified atom stereocenters. The summed E-state index contributed by atoms with van der Waals surface area (Å²) in [5, 5.41) is 2.96. The highest BCUT2D eigenvalue weighted by molar-refractivity contribution is 5.88. The summed E-state index contributed by atoms with van der Waals surface area (Å²) >= 11 is 0. The minimum Gasteiger partial charge on any atom is -0.469 e. The molecule has 17 heavy (non-hydrogen) atoms. The molecule has 0 aromatic rings. The van der Waals surface area contributed by atoms with Gasteiger partial charge in [-0.2, -0.15) is 0 Å². The molecule has 0 spiro atoms. The van der Waals surface area contributed by atoms with Crippen LogP contribution in [0.2, 0.25) is 0 Å². The van der Waals surface area contributed by atoms with Gasteiger partial charge in [-0.25, -0.2) is 0 Å². The Morgan fingerprint density at radius 3 is 2.24 bits per heavy atom. The Balaban J connectivity index is 2.35. The fourth-order valence-corrected chi connectivity index (χ4v) is 2.15. The van der Waals surface area contributed by atoms with Crippen molar-refractivity contribution >= 4 is 11.9 Å². The van der Waals surface area contributed by atoms with E-state index in [1.807, 2.05) is 13.8 Å². The summed E-state index contributed by atoms with van der Waals surface area (Å²) in [4.78, 5) is 22.8. The fourth-order valence-electron chi connectivity index (χ4n) is 2.15. The number of allylic oxidation sites excluding steroid dienone is 1. The molecule has 1 saturated carbocycles. The minimum atomic E-state index is -0.126. The lowest BCUT2D eigenvalue weighted by atomic mass is 9.86. The van der Waals surface area contributed by atoms with Gasteiger partial charge in [0.2, 0.25) is 5.91 Å². The van der Waals surface area contributed by atoms with Crippen LogP contribution in [0, 0.1) is 5.92 Å². The molecule has 1 aliphatic carbocycles. The number of methoxy groups -OCH3 is 1. The Bertz CT molecular complexity index is 311. The summed E-state index contributed by atoms with van der Waals surface area (Å²) in [5.41, 5.74) is 0.991. The normalized spacial score (nSPS) is 23.7. The van der Waals surface area contributed by atoms with Crippen LogP contribution in [-0.4, -0.2) is 25.0 Å².